The first-order chi connectivity index (χ1) is 9.88. The van der Waals surface area contributed by atoms with Gasteiger partial charge >= 0.3 is 0 Å². The van der Waals surface area contributed by atoms with Crippen molar-refractivity contribution in [3.05, 3.63) is 42.5 Å². The quantitative estimate of drug-likeness (QED) is 0.881. The number of fused-ring (bicyclic) bond motifs is 1. The van der Waals surface area contributed by atoms with Crippen LogP contribution in [-0.4, -0.2) is 18.7 Å². The van der Waals surface area contributed by atoms with E-state index in [0.717, 1.165) is 18.7 Å². The summed E-state index contributed by atoms with van der Waals surface area (Å²) in [6, 6.07) is 15.3. The highest BCUT2D eigenvalue weighted by Crippen LogP contribution is 2.30. The fourth-order valence-corrected chi connectivity index (χ4v) is 3.09. The van der Waals surface area contributed by atoms with E-state index in [-0.39, 0.29) is 0 Å². The van der Waals surface area contributed by atoms with E-state index in [0.29, 0.717) is 12.1 Å². The van der Waals surface area contributed by atoms with Gasteiger partial charge in [-0.3, -0.25) is 0 Å². The SMILES string of the molecule is CCCNC1CCCC1Oc1cccc2ccccc12. The fourth-order valence-electron chi connectivity index (χ4n) is 3.09. The first kappa shape index (κ1) is 13.4. The minimum absolute atomic E-state index is 0.312. The molecule has 2 unspecified atom stereocenters. The van der Waals surface area contributed by atoms with E-state index < -0.39 is 0 Å². The maximum Gasteiger partial charge on any atom is 0.127 e. The third-order valence-corrected chi connectivity index (χ3v) is 4.14. The standard InChI is InChI=1S/C18H23NO/c1-2-13-19-16-10-6-12-18(16)20-17-11-5-8-14-7-3-4-9-15(14)17/h3-5,7-9,11,16,18-19H,2,6,10,12-13H2,1H3. The predicted molar refractivity (Wildman–Crippen MR) is 84.3 cm³/mol. The summed E-state index contributed by atoms with van der Waals surface area (Å²) in [4.78, 5) is 0. The van der Waals surface area contributed by atoms with Crippen LogP contribution >= 0.6 is 0 Å². The lowest BCUT2D eigenvalue weighted by atomic mass is 10.1. The molecule has 106 valence electrons. The van der Waals surface area contributed by atoms with Gasteiger partial charge in [0, 0.05) is 11.4 Å². The maximum absolute atomic E-state index is 6.34. The van der Waals surface area contributed by atoms with Crippen molar-refractivity contribution in [3.63, 3.8) is 0 Å². The molecule has 0 bridgehead atoms. The van der Waals surface area contributed by atoms with E-state index in [1.54, 1.807) is 0 Å². The minimum Gasteiger partial charge on any atom is -0.488 e. The lowest BCUT2D eigenvalue weighted by Crippen LogP contribution is -2.39. The van der Waals surface area contributed by atoms with E-state index in [1.165, 1.54) is 30.0 Å². The lowest BCUT2D eigenvalue weighted by Gasteiger charge is -2.23. The topological polar surface area (TPSA) is 21.3 Å². The zero-order valence-corrected chi connectivity index (χ0v) is 12.1. The van der Waals surface area contributed by atoms with Crippen LogP contribution in [0.25, 0.3) is 10.8 Å². The number of hydrogen-bond acceptors (Lipinski definition) is 2. The number of rotatable bonds is 5. The van der Waals surface area contributed by atoms with Crippen LogP contribution in [0.5, 0.6) is 5.75 Å². The van der Waals surface area contributed by atoms with Gasteiger partial charge in [-0.05, 0) is 43.7 Å². The number of hydrogen-bond donors (Lipinski definition) is 1. The molecule has 0 radical (unpaired) electrons. The summed E-state index contributed by atoms with van der Waals surface area (Å²) >= 11 is 0. The molecule has 2 aromatic rings. The van der Waals surface area contributed by atoms with Gasteiger partial charge in [-0.1, -0.05) is 43.3 Å². The second-order valence-corrected chi connectivity index (χ2v) is 5.63. The summed E-state index contributed by atoms with van der Waals surface area (Å²) in [5.74, 6) is 1.03. The summed E-state index contributed by atoms with van der Waals surface area (Å²) in [5.41, 5.74) is 0. The average molecular weight is 269 g/mol. The molecule has 2 atom stereocenters. The molecule has 0 aromatic heterocycles. The Kier molecular flexibility index (Phi) is 4.22. The molecule has 1 N–H and O–H groups in total. The van der Waals surface area contributed by atoms with Crippen molar-refractivity contribution in [1.29, 1.82) is 0 Å². The van der Waals surface area contributed by atoms with Crippen molar-refractivity contribution in [3.8, 4) is 5.75 Å². The highest BCUT2D eigenvalue weighted by atomic mass is 16.5. The fraction of sp³-hybridized carbons (Fsp3) is 0.444. The maximum atomic E-state index is 6.34. The van der Waals surface area contributed by atoms with Crippen LogP contribution in [0.2, 0.25) is 0 Å². The Morgan fingerprint density at radius 3 is 2.85 bits per heavy atom. The van der Waals surface area contributed by atoms with Crippen LogP contribution in [0.3, 0.4) is 0 Å². The summed E-state index contributed by atoms with van der Waals surface area (Å²) in [7, 11) is 0. The molecule has 0 aliphatic heterocycles. The second kappa shape index (κ2) is 6.27. The predicted octanol–water partition coefficient (Wildman–Crippen LogP) is 4.14. The van der Waals surface area contributed by atoms with E-state index in [2.05, 4.69) is 54.7 Å². The van der Waals surface area contributed by atoms with E-state index in [9.17, 15) is 0 Å². The van der Waals surface area contributed by atoms with Crippen LogP contribution in [0.15, 0.2) is 42.5 Å². The van der Waals surface area contributed by atoms with Crippen molar-refractivity contribution in [1.82, 2.24) is 5.32 Å². The van der Waals surface area contributed by atoms with Crippen LogP contribution < -0.4 is 10.1 Å². The van der Waals surface area contributed by atoms with Gasteiger partial charge < -0.3 is 10.1 Å². The van der Waals surface area contributed by atoms with Crippen molar-refractivity contribution in [2.45, 2.75) is 44.8 Å². The Bertz CT molecular complexity index is 561. The summed E-state index contributed by atoms with van der Waals surface area (Å²) in [5, 5.41) is 6.09. The molecule has 20 heavy (non-hydrogen) atoms. The zero-order valence-electron chi connectivity index (χ0n) is 12.1. The molecule has 0 saturated heterocycles. The molecule has 2 aromatic carbocycles. The van der Waals surface area contributed by atoms with Crippen molar-refractivity contribution in [2.75, 3.05) is 6.54 Å². The normalized spacial score (nSPS) is 22.2. The van der Waals surface area contributed by atoms with Gasteiger partial charge in [-0.2, -0.15) is 0 Å². The van der Waals surface area contributed by atoms with Crippen molar-refractivity contribution >= 4 is 10.8 Å². The molecule has 2 nitrogen and oxygen atoms in total. The minimum atomic E-state index is 0.312. The number of ether oxygens (including phenoxy) is 1. The largest absolute Gasteiger partial charge is 0.488 e. The van der Waals surface area contributed by atoms with E-state index in [1.807, 2.05) is 0 Å². The Balaban J connectivity index is 1.78. The Morgan fingerprint density at radius 2 is 1.95 bits per heavy atom. The number of nitrogens with one attached hydrogen (secondary N) is 1. The molecule has 1 saturated carbocycles. The van der Waals surface area contributed by atoms with Crippen molar-refractivity contribution < 1.29 is 4.74 Å². The molecule has 0 heterocycles. The van der Waals surface area contributed by atoms with Gasteiger partial charge in [0.25, 0.3) is 0 Å². The van der Waals surface area contributed by atoms with Crippen LogP contribution in [0.4, 0.5) is 0 Å². The summed E-state index contributed by atoms with van der Waals surface area (Å²) < 4.78 is 6.34. The molecule has 1 fully saturated rings. The third kappa shape index (κ3) is 2.80. The smallest absolute Gasteiger partial charge is 0.127 e. The summed E-state index contributed by atoms with van der Waals surface area (Å²) in [6.45, 7) is 3.29. The molecule has 1 aliphatic carbocycles. The molecule has 2 heteroatoms. The van der Waals surface area contributed by atoms with Gasteiger partial charge in [0.1, 0.15) is 11.9 Å². The molecule has 1 aliphatic rings. The van der Waals surface area contributed by atoms with Gasteiger partial charge in [0.15, 0.2) is 0 Å². The molecule has 0 spiro atoms. The monoisotopic (exact) mass is 269 g/mol. The van der Waals surface area contributed by atoms with Crippen LogP contribution in [0, 0.1) is 0 Å². The first-order valence-electron chi connectivity index (χ1n) is 7.76. The number of benzene rings is 2. The Morgan fingerprint density at radius 1 is 1.10 bits per heavy atom. The summed E-state index contributed by atoms with van der Waals surface area (Å²) in [6.07, 6.45) is 5.14. The lowest BCUT2D eigenvalue weighted by molar-refractivity contribution is 0.177. The Hall–Kier alpha value is -1.54. The molecule has 3 rings (SSSR count). The van der Waals surface area contributed by atoms with Crippen LogP contribution in [0.1, 0.15) is 32.6 Å². The highest BCUT2D eigenvalue weighted by molar-refractivity contribution is 5.88. The van der Waals surface area contributed by atoms with Gasteiger partial charge in [0.2, 0.25) is 0 Å². The zero-order chi connectivity index (χ0) is 13.8. The molecule has 0 amide bonds. The average Bonchev–Trinajstić information content (AvgIpc) is 2.93. The van der Waals surface area contributed by atoms with E-state index >= 15 is 0 Å². The van der Waals surface area contributed by atoms with Gasteiger partial charge in [-0.25, -0.2) is 0 Å². The third-order valence-electron chi connectivity index (χ3n) is 4.14. The molecular formula is C18H23NO. The van der Waals surface area contributed by atoms with Gasteiger partial charge in [0.05, 0.1) is 0 Å². The molecular weight excluding hydrogens is 246 g/mol. The van der Waals surface area contributed by atoms with Gasteiger partial charge in [-0.15, -0.1) is 0 Å². The van der Waals surface area contributed by atoms with Crippen molar-refractivity contribution in [2.24, 2.45) is 0 Å². The van der Waals surface area contributed by atoms with Crippen LogP contribution in [-0.2, 0) is 0 Å². The Labute approximate surface area is 121 Å². The second-order valence-electron chi connectivity index (χ2n) is 5.63. The highest BCUT2D eigenvalue weighted by Gasteiger charge is 2.28. The van der Waals surface area contributed by atoms with E-state index in [4.69, 9.17) is 4.74 Å². The first-order valence-corrected chi connectivity index (χ1v) is 7.76.